The molecule has 0 saturated carbocycles. The van der Waals surface area contributed by atoms with Crippen LogP contribution in [-0.2, 0) is 13.0 Å². The van der Waals surface area contributed by atoms with Crippen molar-refractivity contribution in [3.63, 3.8) is 0 Å². The van der Waals surface area contributed by atoms with Crippen molar-refractivity contribution in [2.75, 3.05) is 11.4 Å². The van der Waals surface area contributed by atoms with Gasteiger partial charge in [-0.05, 0) is 47.9 Å². The highest BCUT2D eigenvalue weighted by Crippen LogP contribution is 2.29. The van der Waals surface area contributed by atoms with Gasteiger partial charge in [-0.25, -0.2) is 0 Å². The Morgan fingerprint density at radius 2 is 1.52 bits per heavy atom. The molecular formula is C24H18N2O3. The second-order valence-electron chi connectivity index (χ2n) is 7.28. The number of imide groups is 1. The van der Waals surface area contributed by atoms with Crippen molar-refractivity contribution in [3.8, 4) is 0 Å². The first-order valence-corrected chi connectivity index (χ1v) is 9.57. The van der Waals surface area contributed by atoms with Crippen LogP contribution in [0, 0.1) is 0 Å². The van der Waals surface area contributed by atoms with Crippen LogP contribution in [0.4, 0.5) is 5.69 Å². The molecule has 3 aromatic carbocycles. The third-order valence-electron chi connectivity index (χ3n) is 5.53. The van der Waals surface area contributed by atoms with Crippen molar-refractivity contribution in [1.29, 1.82) is 0 Å². The van der Waals surface area contributed by atoms with Crippen LogP contribution in [0.2, 0.25) is 0 Å². The van der Waals surface area contributed by atoms with Crippen molar-refractivity contribution < 1.29 is 14.4 Å². The molecule has 0 aliphatic carbocycles. The molecule has 0 spiro atoms. The van der Waals surface area contributed by atoms with E-state index in [1.54, 1.807) is 47.4 Å². The Kier molecular flexibility index (Phi) is 4.02. The van der Waals surface area contributed by atoms with Crippen LogP contribution in [0.1, 0.15) is 42.2 Å². The molecule has 5 rings (SSSR count). The molecule has 0 N–H and O–H groups in total. The van der Waals surface area contributed by atoms with Gasteiger partial charge < -0.3 is 4.90 Å². The molecular weight excluding hydrogens is 364 g/mol. The van der Waals surface area contributed by atoms with E-state index in [1.807, 2.05) is 30.3 Å². The van der Waals surface area contributed by atoms with Crippen LogP contribution in [-0.4, -0.2) is 29.2 Å². The Balaban J connectivity index is 1.40. The number of amides is 3. The highest BCUT2D eigenvalue weighted by Gasteiger charge is 2.35. The third kappa shape index (κ3) is 2.83. The lowest BCUT2D eigenvalue weighted by Gasteiger charge is -2.18. The predicted octanol–water partition coefficient (Wildman–Crippen LogP) is 3.69. The predicted molar refractivity (Wildman–Crippen MR) is 109 cm³/mol. The monoisotopic (exact) mass is 382 g/mol. The van der Waals surface area contributed by atoms with E-state index in [9.17, 15) is 14.4 Å². The minimum Gasteiger partial charge on any atom is -0.308 e. The number of hydrogen-bond acceptors (Lipinski definition) is 3. The van der Waals surface area contributed by atoms with Gasteiger partial charge in [0.25, 0.3) is 17.7 Å². The smallest absolute Gasteiger partial charge is 0.261 e. The Hall–Kier alpha value is -3.73. The number of para-hydroxylation sites is 1. The molecule has 3 aromatic rings. The molecule has 0 aromatic heterocycles. The molecule has 2 aliphatic rings. The summed E-state index contributed by atoms with van der Waals surface area (Å²) in [5.74, 6) is -0.661. The van der Waals surface area contributed by atoms with Crippen molar-refractivity contribution in [3.05, 3.63) is 101 Å². The Bertz CT molecular complexity index is 1130. The molecule has 0 fully saturated rings. The van der Waals surface area contributed by atoms with Gasteiger partial charge in [0.2, 0.25) is 0 Å². The summed E-state index contributed by atoms with van der Waals surface area (Å²) in [6.45, 7) is 0.796. The van der Waals surface area contributed by atoms with Crippen molar-refractivity contribution in [2.45, 2.75) is 13.0 Å². The van der Waals surface area contributed by atoms with E-state index in [4.69, 9.17) is 0 Å². The average Bonchev–Trinajstić information content (AvgIpc) is 3.29. The molecule has 142 valence electrons. The number of rotatable bonds is 3. The first-order chi connectivity index (χ1) is 14.1. The molecule has 3 amide bonds. The molecule has 0 saturated heterocycles. The van der Waals surface area contributed by atoms with Gasteiger partial charge in [-0.3, -0.25) is 19.3 Å². The second kappa shape index (κ2) is 6.71. The standard InChI is InChI=1S/C24H18N2O3/c27-22(25-13-12-17-7-1-4-11-21(17)25)18-8-5-6-16(14-18)15-26-23(28)19-9-2-3-10-20(19)24(26)29/h1-11,14H,12-13,15H2. The molecule has 0 radical (unpaired) electrons. The topological polar surface area (TPSA) is 57.7 Å². The summed E-state index contributed by atoms with van der Waals surface area (Å²) >= 11 is 0. The molecule has 2 aliphatic heterocycles. The first-order valence-electron chi connectivity index (χ1n) is 9.57. The van der Waals surface area contributed by atoms with Gasteiger partial charge in [0.15, 0.2) is 0 Å². The highest BCUT2D eigenvalue weighted by molar-refractivity contribution is 6.21. The van der Waals surface area contributed by atoms with Crippen LogP contribution in [0.5, 0.6) is 0 Å². The summed E-state index contributed by atoms with van der Waals surface area (Å²) < 4.78 is 0. The lowest BCUT2D eigenvalue weighted by molar-refractivity contribution is 0.0642. The maximum atomic E-state index is 13.1. The second-order valence-corrected chi connectivity index (χ2v) is 7.28. The van der Waals surface area contributed by atoms with Gasteiger partial charge in [0.05, 0.1) is 17.7 Å². The normalized spacial score (nSPS) is 14.9. The van der Waals surface area contributed by atoms with Crippen LogP contribution < -0.4 is 4.90 Å². The molecule has 2 heterocycles. The fraction of sp³-hybridized carbons (Fsp3) is 0.125. The number of benzene rings is 3. The van der Waals surface area contributed by atoms with Crippen LogP contribution in [0.3, 0.4) is 0 Å². The maximum Gasteiger partial charge on any atom is 0.261 e. The number of carbonyl (C=O) groups is 3. The van der Waals surface area contributed by atoms with E-state index in [2.05, 4.69) is 0 Å². The van der Waals surface area contributed by atoms with Gasteiger partial charge in [-0.2, -0.15) is 0 Å². The average molecular weight is 382 g/mol. The van der Waals surface area contributed by atoms with Crippen molar-refractivity contribution in [2.24, 2.45) is 0 Å². The quantitative estimate of drug-likeness (QED) is 0.649. The molecule has 5 nitrogen and oxygen atoms in total. The van der Waals surface area contributed by atoms with E-state index in [0.717, 1.165) is 17.7 Å². The van der Waals surface area contributed by atoms with Gasteiger partial charge in [-0.15, -0.1) is 0 Å². The van der Waals surface area contributed by atoms with E-state index in [0.29, 0.717) is 23.2 Å². The van der Waals surface area contributed by atoms with E-state index >= 15 is 0 Å². The first kappa shape index (κ1) is 17.4. The summed E-state index contributed by atoms with van der Waals surface area (Å²) in [7, 11) is 0. The van der Waals surface area contributed by atoms with E-state index in [1.165, 1.54) is 10.5 Å². The van der Waals surface area contributed by atoms with Gasteiger partial charge >= 0.3 is 0 Å². The molecule has 0 bridgehead atoms. The van der Waals surface area contributed by atoms with Crippen molar-refractivity contribution in [1.82, 2.24) is 4.90 Å². The number of hydrogen-bond donors (Lipinski definition) is 0. The maximum absolute atomic E-state index is 13.1. The lowest BCUT2D eigenvalue weighted by atomic mass is 10.1. The van der Waals surface area contributed by atoms with Gasteiger partial charge in [-0.1, -0.05) is 42.5 Å². The number of nitrogens with zero attached hydrogens (tertiary/aromatic N) is 2. The fourth-order valence-electron chi connectivity index (χ4n) is 4.07. The minimum absolute atomic E-state index is 0.0702. The summed E-state index contributed by atoms with van der Waals surface area (Å²) in [5, 5.41) is 0. The molecule has 5 heteroatoms. The summed E-state index contributed by atoms with van der Waals surface area (Å²) in [6.07, 6.45) is 0.844. The zero-order chi connectivity index (χ0) is 20.0. The lowest BCUT2D eigenvalue weighted by Crippen LogP contribution is -2.30. The molecule has 0 unspecified atom stereocenters. The summed E-state index contributed by atoms with van der Waals surface area (Å²) in [5.41, 5.74) is 4.27. The third-order valence-corrected chi connectivity index (χ3v) is 5.53. The largest absolute Gasteiger partial charge is 0.308 e. The summed E-state index contributed by atoms with van der Waals surface area (Å²) in [6, 6.07) is 21.9. The Morgan fingerprint density at radius 1 is 0.828 bits per heavy atom. The van der Waals surface area contributed by atoms with Gasteiger partial charge in [0.1, 0.15) is 0 Å². The van der Waals surface area contributed by atoms with E-state index in [-0.39, 0.29) is 24.3 Å². The molecule has 29 heavy (non-hydrogen) atoms. The Morgan fingerprint density at radius 3 is 2.28 bits per heavy atom. The number of carbonyl (C=O) groups excluding carboxylic acids is 3. The van der Waals surface area contributed by atoms with Crippen LogP contribution in [0.25, 0.3) is 0 Å². The summed E-state index contributed by atoms with van der Waals surface area (Å²) in [4.78, 5) is 41.3. The zero-order valence-corrected chi connectivity index (χ0v) is 15.7. The van der Waals surface area contributed by atoms with Crippen molar-refractivity contribution >= 4 is 23.4 Å². The highest BCUT2D eigenvalue weighted by atomic mass is 16.2. The zero-order valence-electron chi connectivity index (χ0n) is 15.7. The SMILES string of the molecule is O=C1c2ccccc2C(=O)N1Cc1cccc(C(=O)N2CCc3ccccc32)c1. The van der Waals surface area contributed by atoms with E-state index < -0.39 is 0 Å². The van der Waals surface area contributed by atoms with Crippen LogP contribution >= 0.6 is 0 Å². The minimum atomic E-state index is -0.296. The van der Waals surface area contributed by atoms with Crippen LogP contribution in [0.15, 0.2) is 72.8 Å². The fourth-order valence-corrected chi connectivity index (χ4v) is 4.07. The number of fused-ring (bicyclic) bond motifs is 2. The number of anilines is 1. The molecule has 0 atom stereocenters. The Labute approximate surface area is 168 Å². The van der Waals surface area contributed by atoms with Gasteiger partial charge in [0, 0.05) is 17.8 Å².